The highest BCUT2D eigenvalue weighted by molar-refractivity contribution is 7.89. The lowest BCUT2D eigenvalue weighted by Crippen LogP contribution is -2.49. The van der Waals surface area contributed by atoms with Gasteiger partial charge >= 0.3 is 0 Å². The molecule has 33 heavy (non-hydrogen) atoms. The molecule has 2 aliphatic rings. The number of hydrogen-bond donors (Lipinski definition) is 1. The third-order valence-electron chi connectivity index (χ3n) is 6.29. The predicted molar refractivity (Wildman–Crippen MR) is 123 cm³/mol. The van der Waals surface area contributed by atoms with Crippen LogP contribution in [0.2, 0.25) is 0 Å². The topological polar surface area (TPSA) is 96.0 Å². The molecule has 1 saturated heterocycles. The van der Waals surface area contributed by atoms with Crippen LogP contribution in [0.25, 0.3) is 0 Å². The minimum Gasteiger partial charge on any atom is -0.497 e. The van der Waals surface area contributed by atoms with Gasteiger partial charge in [0.25, 0.3) is 5.91 Å². The lowest BCUT2D eigenvalue weighted by atomic mass is 10.1. The molecule has 9 heteroatoms. The Morgan fingerprint density at radius 2 is 1.94 bits per heavy atom. The van der Waals surface area contributed by atoms with Gasteiger partial charge < -0.3 is 15.0 Å². The van der Waals surface area contributed by atoms with E-state index in [-0.39, 0.29) is 42.4 Å². The molecule has 176 valence electrons. The van der Waals surface area contributed by atoms with Gasteiger partial charge in [0.05, 0.1) is 18.6 Å². The van der Waals surface area contributed by atoms with Gasteiger partial charge in [-0.2, -0.15) is 4.31 Å². The molecule has 2 aromatic rings. The lowest BCUT2D eigenvalue weighted by Gasteiger charge is -2.30. The quantitative estimate of drug-likeness (QED) is 0.637. The summed E-state index contributed by atoms with van der Waals surface area (Å²) in [5.41, 5.74) is 1.29. The molecular weight excluding hydrogens is 442 g/mol. The van der Waals surface area contributed by atoms with Crippen LogP contribution < -0.4 is 10.1 Å². The number of piperazine rings is 1. The van der Waals surface area contributed by atoms with Gasteiger partial charge in [-0.15, -0.1) is 0 Å². The maximum absolute atomic E-state index is 13.6. The van der Waals surface area contributed by atoms with Crippen molar-refractivity contribution in [3.8, 4) is 5.75 Å². The first-order valence-electron chi connectivity index (χ1n) is 11.1. The van der Waals surface area contributed by atoms with Crippen molar-refractivity contribution in [2.45, 2.75) is 37.2 Å². The van der Waals surface area contributed by atoms with Gasteiger partial charge in [-0.1, -0.05) is 18.2 Å². The molecule has 1 aliphatic heterocycles. The Morgan fingerprint density at radius 3 is 2.58 bits per heavy atom. The summed E-state index contributed by atoms with van der Waals surface area (Å²) >= 11 is 0. The van der Waals surface area contributed by atoms with Crippen LogP contribution in [0.4, 0.5) is 0 Å². The molecule has 0 radical (unpaired) electrons. The Bertz CT molecular complexity index is 1130. The maximum atomic E-state index is 13.6. The molecule has 0 aromatic heterocycles. The highest BCUT2D eigenvalue weighted by atomic mass is 32.2. The number of carbonyl (C=O) groups is 2. The van der Waals surface area contributed by atoms with Crippen molar-refractivity contribution in [1.82, 2.24) is 14.5 Å². The molecule has 2 fully saturated rings. The number of ether oxygens (including phenoxy) is 1. The van der Waals surface area contributed by atoms with Crippen LogP contribution in [0.1, 0.15) is 35.7 Å². The summed E-state index contributed by atoms with van der Waals surface area (Å²) in [6.07, 6.45) is 2.16. The number of carbonyl (C=O) groups excluding carboxylic acids is 2. The summed E-state index contributed by atoms with van der Waals surface area (Å²) in [4.78, 5) is 27.1. The fourth-order valence-electron chi connectivity index (χ4n) is 4.09. The van der Waals surface area contributed by atoms with Crippen LogP contribution in [0.3, 0.4) is 0 Å². The van der Waals surface area contributed by atoms with Gasteiger partial charge in [0.1, 0.15) is 5.75 Å². The van der Waals surface area contributed by atoms with Crippen LogP contribution in [0, 0.1) is 5.92 Å². The minimum atomic E-state index is -3.88. The van der Waals surface area contributed by atoms with Crippen LogP contribution >= 0.6 is 0 Å². The third kappa shape index (κ3) is 5.20. The lowest BCUT2D eigenvalue weighted by molar-refractivity contribution is -0.122. The summed E-state index contributed by atoms with van der Waals surface area (Å²) in [6, 6.07) is 13.7. The average molecular weight is 472 g/mol. The second kappa shape index (κ2) is 9.52. The highest BCUT2D eigenvalue weighted by Gasteiger charge is 2.35. The largest absolute Gasteiger partial charge is 0.497 e. The number of sulfonamides is 1. The number of rotatable bonds is 8. The number of nitrogens with zero attached hydrogens (tertiary/aromatic N) is 2. The number of nitrogens with one attached hydrogen (secondary N) is 1. The van der Waals surface area contributed by atoms with E-state index in [1.165, 1.54) is 12.1 Å². The van der Waals surface area contributed by atoms with E-state index < -0.39 is 10.0 Å². The highest BCUT2D eigenvalue weighted by Crippen LogP contribution is 2.36. The zero-order valence-electron chi connectivity index (χ0n) is 18.9. The molecule has 1 aliphatic carbocycles. The molecule has 0 bridgehead atoms. The van der Waals surface area contributed by atoms with Crippen molar-refractivity contribution in [1.29, 1.82) is 0 Å². The summed E-state index contributed by atoms with van der Waals surface area (Å²) in [5, 5.41) is 2.63. The first kappa shape index (κ1) is 23.3. The van der Waals surface area contributed by atoms with Gasteiger partial charge in [0.15, 0.2) is 0 Å². The minimum absolute atomic E-state index is 0.0199. The monoisotopic (exact) mass is 471 g/mol. The smallest absolute Gasteiger partial charge is 0.254 e. The first-order chi connectivity index (χ1) is 15.8. The molecule has 2 aromatic carbocycles. The van der Waals surface area contributed by atoms with Crippen LogP contribution in [-0.2, 0) is 21.4 Å². The van der Waals surface area contributed by atoms with Crippen molar-refractivity contribution >= 4 is 21.8 Å². The van der Waals surface area contributed by atoms with E-state index in [9.17, 15) is 18.0 Å². The van der Waals surface area contributed by atoms with E-state index in [2.05, 4.69) is 5.32 Å². The fraction of sp³-hybridized carbons (Fsp3) is 0.417. The van der Waals surface area contributed by atoms with Crippen molar-refractivity contribution in [2.75, 3.05) is 26.7 Å². The average Bonchev–Trinajstić information content (AvgIpc) is 3.68. The van der Waals surface area contributed by atoms with Gasteiger partial charge in [-0.25, -0.2) is 8.42 Å². The predicted octanol–water partition coefficient (Wildman–Crippen LogP) is 2.26. The Hall–Kier alpha value is -2.91. The molecular formula is C24H29N3O5S. The molecule has 2 amide bonds. The molecule has 1 saturated carbocycles. The summed E-state index contributed by atoms with van der Waals surface area (Å²) < 4.78 is 32.6. The Morgan fingerprint density at radius 1 is 1.21 bits per heavy atom. The van der Waals surface area contributed by atoms with Gasteiger partial charge in [-0.3, -0.25) is 9.59 Å². The molecule has 1 unspecified atom stereocenters. The van der Waals surface area contributed by atoms with Gasteiger partial charge in [-0.05, 0) is 61.6 Å². The first-order valence-corrected chi connectivity index (χ1v) is 12.5. The number of hydrogen-bond acceptors (Lipinski definition) is 5. The second-order valence-electron chi connectivity index (χ2n) is 8.58. The summed E-state index contributed by atoms with van der Waals surface area (Å²) in [6.45, 7) is 2.72. The van der Waals surface area contributed by atoms with E-state index in [0.717, 1.165) is 28.5 Å². The van der Waals surface area contributed by atoms with Gasteiger partial charge in [0.2, 0.25) is 15.9 Å². The zero-order chi connectivity index (χ0) is 23.6. The Kier molecular flexibility index (Phi) is 6.71. The van der Waals surface area contributed by atoms with Gasteiger partial charge in [0, 0.05) is 31.2 Å². The fourth-order valence-corrected chi connectivity index (χ4v) is 5.53. The second-order valence-corrected chi connectivity index (χ2v) is 10.5. The van der Waals surface area contributed by atoms with Crippen molar-refractivity contribution in [2.24, 2.45) is 5.92 Å². The van der Waals surface area contributed by atoms with E-state index >= 15 is 0 Å². The SMILES string of the molecule is COc1ccc(CN(C(=O)c2cccc(S(=O)(=O)N3CCNC(=O)C3)c2)C(C)C2CC2)cc1. The summed E-state index contributed by atoms with van der Waals surface area (Å²) in [7, 11) is -2.27. The molecule has 0 spiro atoms. The molecule has 1 heterocycles. The maximum Gasteiger partial charge on any atom is 0.254 e. The van der Waals surface area contributed by atoms with Crippen molar-refractivity contribution in [3.05, 3.63) is 59.7 Å². The third-order valence-corrected chi connectivity index (χ3v) is 8.13. The number of methoxy groups -OCH3 is 1. The van der Waals surface area contributed by atoms with Crippen molar-refractivity contribution < 1.29 is 22.7 Å². The molecule has 8 nitrogen and oxygen atoms in total. The van der Waals surface area contributed by atoms with Crippen LogP contribution in [0.15, 0.2) is 53.4 Å². The Labute approximate surface area is 194 Å². The van der Waals surface area contributed by atoms with E-state index in [1.54, 1.807) is 19.2 Å². The molecule has 1 atom stereocenters. The van der Waals surface area contributed by atoms with E-state index in [0.29, 0.717) is 18.0 Å². The number of benzene rings is 2. The Balaban J connectivity index is 1.60. The molecule has 1 N–H and O–H groups in total. The van der Waals surface area contributed by atoms with Crippen molar-refractivity contribution in [3.63, 3.8) is 0 Å². The normalized spacial score (nSPS) is 17.8. The van der Waals surface area contributed by atoms with Crippen LogP contribution in [0.5, 0.6) is 5.75 Å². The zero-order valence-corrected chi connectivity index (χ0v) is 19.7. The standard InChI is InChI=1S/C24H29N3O5S/c1-17(19-8-9-19)27(15-18-6-10-21(32-2)11-7-18)24(29)20-4-3-5-22(14-20)33(30,31)26-13-12-25-23(28)16-26/h3-7,10-11,14,17,19H,8-9,12-13,15-16H2,1-2H3,(H,25,28). The summed E-state index contributed by atoms with van der Waals surface area (Å²) in [5.74, 6) is 0.654. The van der Waals surface area contributed by atoms with E-state index in [4.69, 9.17) is 4.74 Å². The number of amides is 2. The van der Waals surface area contributed by atoms with Crippen LogP contribution in [-0.4, -0.2) is 62.2 Å². The molecule has 4 rings (SSSR count). The van der Waals surface area contributed by atoms with E-state index in [1.807, 2.05) is 36.1 Å².